The predicted molar refractivity (Wildman–Crippen MR) is 129 cm³/mol. The molecule has 0 aliphatic heterocycles. The van der Waals surface area contributed by atoms with E-state index in [2.05, 4.69) is 10.3 Å². The zero-order valence-corrected chi connectivity index (χ0v) is 19.8. The molecule has 0 atom stereocenters. The number of hydrogen-bond donors (Lipinski definition) is 1. The lowest BCUT2D eigenvalue weighted by molar-refractivity contribution is -0.380. The van der Waals surface area contributed by atoms with Crippen LogP contribution in [0.25, 0.3) is 11.3 Å². The van der Waals surface area contributed by atoms with Gasteiger partial charge >= 0.3 is 5.00 Å². The third-order valence-corrected chi connectivity index (χ3v) is 6.34. The van der Waals surface area contributed by atoms with Gasteiger partial charge in [-0.2, -0.15) is 0 Å². The van der Waals surface area contributed by atoms with Gasteiger partial charge in [0.1, 0.15) is 28.8 Å². The van der Waals surface area contributed by atoms with Crippen LogP contribution < -0.4 is 14.8 Å². The number of thiazole rings is 1. The number of thiophene rings is 1. The second-order valence-electron chi connectivity index (χ2n) is 7.08. The maximum absolute atomic E-state index is 13.7. The molecule has 8 nitrogen and oxygen atoms in total. The molecule has 2 aromatic heterocycles. The Morgan fingerprint density at radius 1 is 1.06 bits per heavy atom. The minimum atomic E-state index is -0.809. The number of amides is 1. The molecule has 0 fully saturated rings. The molecule has 4 aromatic rings. The highest BCUT2D eigenvalue weighted by molar-refractivity contribution is 7.19. The zero-order chi connectivity index (χ0) is 24.9. The van der Waals surface area contributed by atoms with E-state index in [1.807, 2.05) is 6.92 Å². The normalized spacial score (nSPS) is 10.7. The molecule has 0 bridgehead atoms. The molecule has 0 aliphatic rings. The molecule has 0 radical (unpaired) electrons. The second kappa shape index (κ2) is 10.6. The lowest BCUT2D eigenvalue weighted by atomic mass is 10.1. The summed E-state index contributed by atoms with van der Waals surface area (Å²) in [6, 6.07) is 12.3. The van der Waals surface area contributed by atoms with Gasteiger partial charge in [0.2, 0.25) is 5.06 Å². The van der Waals surface area contributed by atoms with Crippen molar-refractivity contribution in [2.75, 3.05) is 11.9 Å². The fraction of sp³-hybridized carbons (Fsp3) is 0.130. The number of hydrogen-bond acceptors (Lipinski definition) is 8. The Hall–Kier alpha value is -3.90. The number of nitro groups is 1. The van der Waals surface area contributed by atoms with Crippen molar-refractivity contribution < 1.29 is 28.0 Å². The van der Waals surface area contributed by atoms with E-state index >= 15 is 0 Å². The van der Waals surface area contributed by atoms with E-state index in [1.54, 1.807) is 24.3 Å². The van der Waals surface area contributed by atoms with Crippen LogP contribution >= 0.6 is 22.7 Å². The summed E-state index contributed by atoms with van der Waals surface area (Å²) < 4.78 is 38.7. The summed E-state index contributed by atoms with van der Waals surface area (Å²) in [6.07, 6.45) is 0.854. The molecular weight excluding hydrogens is 500 g/mol. The van der Waals surface area contributed by atoms with Crippen molar-refractivity contribution in [3.63, 3.8) is 0 Å². The molecule has 0 aliphatic carbocycles. The number of halogens is 2. The Morgan fingerprint density at radius 3 is 2.40 bits per heavy atom. The summed E-state index contributed by atoms with van der Waals surface area (Å²) in [7, 11) is 0. The number of rotatable bonds is 9. The molecule has 12 heteroatoms. The number of carbonyl (C=O) groups is 1. The van der Waals surface area contributed by atoms with Gasteiger partial charge in [0, 0.05) is 29.8 Å². The molecule has 35 heavy (non-hydrogen) atoms. The fourth-order valence-electron chi connectivity index (χ4n) is 2.94. The maximum Gasteiger partial charge on any atom is 0.324 e. The first-order valence-corrected chi connectivity index (χ1v) is 11.9. The number of carbonyl (C=O) groups excluding carboxylic acids is 1. The van der Waals surface area contributed by atoms with Crippen LogP contribution in [0.1, 0.15) is 23.0 Å². The molecule has 4 rings (SSSR count). The Labute approximate surface area is 205 Å². The fourth-order valence-corrected chi connectivity index (χ4v) is 4.51. The summed E-state index contributed by atoms with van der Waals surface area (Å²) >= 11 is 1.67. The van der Waals surface area contributed by atoms with Crippen LogP contribution in [0, 0.1) is 21.7 Å². The topological polar surface area (TPSA) is 104 Å². The number of nitrogens with zero attached hydrogens (tertiary/aromatic N) is 2. The van der Waals surface area contributed by atoms with Crippen LogP contribution in [0.2, 0.25) is 0 Å². The summed E-state index contributed by atoms with van der Waals surface area (Å²) in [5, 5.41) is 13.6. The van der Waals surface area contributed by atoms with Gasteiger partial charge in [-0.05, 0) is 36.8 Å². The Bertz CT molecular complexity index is 1350. The van der Waals surface area contributed by atoms with E-state index in [1.165, 1.54) is 12.1 Å². The van der Waals surface area contributed by atoms with Crippen LogP contribution in [0.5, 0.6) is 16.6 Å². The van der Waals surface area contributed by atoms with Crippen LogP contribution in [0.4, 0.5) is 18.9 Å². The first-order chi connectivity index (χ1) is 16.8. The first kappa shape index (κ1) is 24.2. The van der Waals surface area contributed by atoms with E-state index in [9.17, 15) is 23.7 Å². The molecule has 1 N–H and O–H groups in total. The summed E-state index contributed by atoms with van der Waals surface area (Å²) in [5.41, 5.74) is 0.943. The van der Waals surface area contributed by atoms with E-state index < -0.39 is 22.5 Å². The van der Waals surface area contributed by atoms with Crippen LogP contribution in [-0.4, -0.2) is 22.4 Å². The van der Waals surface area contributed by atoms with Crippen molar-refractivity contribution in [3.05, 3.63) is 81.2 Å². The standard InChI is InChI=1S/C23H17F2N3O5S2/c1-2-9-32-16-5-3-13(4-6-16)20-22(33-17-11-14(24)10-15(25)12-17)35-23(26-20)27-21(29)18-7-8-19(34-18)28(30)31/h3-8,10-12H,2,9H2,1H3,(H,26,27,29). The number of benzene rings is 2. The minimum Gasteiger partial charge on any atom is -0.494 e. The van der Waals surface area contributed by atoms with Crippen molar-refractivity contribution >= 4 is 38.7 Å². The molecule has 2 heterocycles. The van der Waals surface area contributed by atoms with E-state index in [0.717, 1.165) is 47.3 Å². The van der Waals surface area contributed by atoms with Gasteiger partial charge < -0.3 is 9.47 Å². The average Bonchev–Trinajstić information content (AvgIpc) is 3.45. The second-order valence-corrected chi connectivity index (χ2v) is 9.11. The van der Waals surface area contributed by atoms with E-state index in [-0.39, 0.29) is 25.8 Å². The van der Waals surface area contributed by atoms with Crippen molar-refractivity contribution in [1.29, 1.82) is 0 Å². The molecule has 0 saturated heterocycles. The number of aromatic nitrogens is 1. The van der Waals surface area contributed by atoms with Gasteiger partial charge in [-0.3, -0.25) is 20.2 Å². The first-order valence-electron chi connectivity index (χ1n) is 10.3. The highest BCUT2D eigenvalue weighted by Crippen LogP contribution is 2.41. The molecule has 0 spiro atoms. The average molecular weight is 518 g/mol. The monoisotopic (exact) mass is 517 g/mol. The van der Waals surface area contributed by atoms with Gasteiger partial charge in [0.15, 0.2) is 5.13 Å². The van der Waals surface area contributed by atoms with Crippen LogP contribution in [0.3, 0.4) is 0 Å². The Kier molecular flexibility index (Phi) is 7.32. The third-order valence-electron chi connectivity index (χ3n) is 4.46. The third kappa shape index (κ3) is 5.97. The van der Waals surface area contributed by atoms with Crippen LogP contribution in [-0.2, 0) is 0 Å². The lowest BCUT2D eigenvalue weighted by Gasteiger charge is -2.07. The minimum absolute atomic E-state index is 0.0814. The molecular formula is C23H17F2N3O5S2. The molecule has 0 unspecified atom stereocenters. The lowest BCUT2D eigenvalue weighted by Crippen LogP contribution is -2.09. The summed E-state index contributed by atoms with van der Waals surface area (Å²) in [6.45, 7) is 2.55. The van der Waals surface area contributed by atoms with Crippen molar-refractivity contribution in [3.8, 4) is 27.8 Å². The largest absolute Gasteiger partial charge is 0.494 e. The molecule has 1 amide bonds. The van der Waals surface area contributed by atoms with Crippen LogP contribution in [0.15, 0.2) is 54.6 Å². The van der Waals surface area contributed by atoms with Gasteiger partial charge in [0.25, 0.3) is 5.91 Å². The number of ether oxygens (including phenoxy) is 2. The molecule has 180 valence electrons. The maximum atomic E-state index is 13.7. The van der Waals surface area contributed by atoms with Gasteiger partial charge in [0.05, 0.1) is 16.4 Å². The highest BCUT2D eigenvalue weighted by Gasteiger charge is 2.20. The summed E-state index contributed by atoms with van der Waals surface area (Å²) in [4.78, 5) is 27.5. The van der Waals surface area contributed by atoms with Crippen molar-refractivity contribution in [1.82, 2.24) is 4.98 Å². The Morgan fingerprint density at radius 2 is 1.77 bits per heavy atom. The molecule has 2 aromatic carbocycles. The zero-order valence-electron chi connectivity index (χ0n) is 18.1. The SMILES string of the molecule is CCCOc1ccc(-c2nc(NC(=O)c3ccc([N+](=O)[O-])s3)sc2Oc2cc(F)cc(F)c2)cc1. The summed E-state index contributed by atoms with van der Waals surface area (Å²) in [5.74, 6) is -1.63. The smallest absolute Gasteiger partial charge is 0.324 e. The molecule has 0 saturated carbocycles. The number of anilines is 1. The van der Waals surface area contributed by atoms with Crippen molar-refractivity contribution in [2.45, 2.75) is 13.3 Å². The van der Waals surface area contributed by atoms with Gasteiger partial charge in [-0.15, -0.1) is 0 Å². The highest BCUT2D eigenvalue weighted by atomic mass is 32.1. The van der Waals surface area contributed by atoms with E-state index in [4.69, 9.17) is 9.47 Å². The number of nitrogens with one attached hydrogen (secondary N) is 1. The van der Waals surface area contributed by atoms with Crippen molar-refractivity contribution in [2.24, 2.45) is 0 Å². The Balaban J connectivity index is 1.64. The van der Waals surface area contributed by atoms with E-state index in [0.29, 0.717) is 23.6 Å². The predicted octanol–water partition coefficient (Wildman–Crippen LogP) is 6.89. The van der Waals surface area contributed by atoms with Gasteiger partial charge in [-0.1, -0.05) is 29.6 Å². The van der Waals surface area contributed by atoms with Gasteiger partial charge in [-0.25, -0.2) is 13.8 Å². The quantitative estimate of drug-likeness (QED) is 0.191.